The highest BCUT2D eigenvalue weighted by Crippen LogP contribution is 2.56. The molecule has 0 saturated carbocycles. The van der Waals surface area contributed by atoms with Crippen LogP contribution in [-0.2, 0) is 5.41 Å². The van der Waals surface area contributed by atoms with Crippen molar-refractivity contribution < 1.29 is 0 Å². The van der Waals surface area contributed by atoms with Gasteiger partial charge in [0, 0.05) is 44.3 Å². The van der Waals surface area contributed by atoms with Gasteiger partial charge in [0.1, 0.15) is 5.01 Å². The lowest BCUT2D eigenvalue weighted by atomic mass is 9.82. The summed E-state index contributed by atoms with van der Waals surface area (Å²) >= 11 is 1.81. The molecule has 11 rings (SSSR count). The minimum Gasteiger partial charge on any atom is -0.310 e. The molecule has 9 aromatic rings. The topological polar surface area (TPSA) is 16.1 Å². The summed E-state index contributed by atoms with van der Waals surface area (Å²) in [4.78, 5) is 8.97. The Morgan fingerprint density at radius 1 is 0.531 bits per heavy atom. The molecule has 2 aliphatic rings. The van der Waals surface area contributed by atoms with Crippen LogP contribution in [-0.4, -0.2) is 4.98 Å². The van der Waals surface area contributed by atoms with Crippen LogP contribution in [0.5, 0.6) is 0 Å². The second kappa shape index (κ2) is 9.65. The standard InChI is InChI=1S/C46H30N2S/c1-46(2)37-16-10-9-15-32(37)33-23-20-31(26-38(33)46)48(30-13-7-4-8-14-30)39-24-19-29-25-36-42-35(22-18-27-17-21-34(39)40(29)41(27)42)43-44(36)49-45(47-43)28-11-5-3-6-12-28/h3-26H,1-2H3. The molecule has 3 heteroatoms. The minimum atomic E-state index is -0.0801. The molecule has 0 saturated heterocycles. The molecule has 0 atom stereocenters. The first-order valence-corrected chi connectivity index (χ1v) is 17.8. The van der Waals surface area contributed by atoms with E-state index in [1.807, 2.05) is 11.3 Å². The van der Waals surface area contributed by atoms with E-state index in [9.17, 15) is 0 Å². The van der Waals surface area contributed by atoms with Crippen LogP contribution in [0.4, 0.5) is 17.1 Å². The monoisotopic (exact) mass is 642 g/mol. The molecule has 0 spiro atoms. The van der Waals surface area contributed by atoms with Crippen LogP contribution in [0.2, 0.25) is 0 Å². The zero-order chi connectivity index (χ0) is 32.4. The molecule has 230 valence electrons. The molecular weight excluding hydrogens is 613 g/mol. The van der Waals surface area contributed by atoms with Gasteiger partial charge in [-0.15, -0.1) is 11.3 Å². The van der Waals surface area contributed by atoms with Crippen molar-refractivity contribution >= 4 is 60.7 Å². The molecule has 0 bridgehead atoms. The molecule has 0 fully saturated rings. The summed E-state index contributed by atoms with van der Waals surface area (Å²) in [6.45, 7) is 4.72. The van der Waals surface area contributed by atoms with Gasteiger partial charge in [0.15, 0.2) is 0 Å². The summed E-state index contributed by atoms with van der Waals surface area (Å²) < 4.78 is 0. The predicted molar refractivity (Wildman–Crippen MR) is 208 cm³/mol. The molecule has 0 radical (unpaired) electrons. The fourth-order valence-electron chi connectivity index (χ4n) is 8.70. The van der Waals surface area contributed by atoms with E-state index in [0.717, 1.165) is 16.4 Å². The summed E-state index contributed by atoms with van der Waals surface area (Å²) in [6, 6.07) is 53.6. The third-order valence-electron chi connectivity index (χ3n) is 11.0. The fraction of sp³-hybridized carbons (Fsp3) is 0.0652. The SMILES string of the molecule is CC1(C)c2ccccc2-c2ccc(N(c3ccccc3)c3ccc4cc5c6c(ccc7ccc3c4c76)-c3nc(-c4ccccc4)sc3-5)cc21. The molecule has 1 heterocycles. The number of hydrogen-bond acceptors (Lipinski definition) is 3. The van der Waals surface area contributed by atoms with Crippen molar-refractivity contribution in [1.82, 2.24) is 4.98 Å². The Morgan fingerprint density at radius 3 is 2.10 bits per heavy atom. The van der Waals surface area contributed by atoms with Gasteiger partial charge in [-0.25, -0.2) is 4.98 Å². The fourth-order valence-corrected chi connectivity index (χ4v) is 9.80. The zero-order valence-electron chi connectivity index (χ0n) is 27.2. The van der Waals surface area contributed by atoms with E-state index in [-0.39, 0.29) is 5.41 Å². The number of hydrogen-bond donors (Lipinski definition) is 0. The highest BCUT2D eigenvalue weighted by atomic mass is 32.1. The third-order valence-corrected chi connectivity index (χ3v) is 12.1. The first kappa shape index (κ1) is 27.2. The second-order valence-electron chi connectivity index (χ2n) is 13.9. The van der Waals surface area contributed by atoms with Crippen LogP contribution in [0.25, 0.3) is 75.7 Å². The molecule has 0 amide bonds. The number of thiazole rings is 1. The number of aromatic nitrogens is 1. The van der Waals surface area contributed by atoms with Gasteiger partial charge in [-0.2, -0.15) is 0 Å². The smallest absolute Gasteiger partial charge is 0.124 e. The predicted octanol–water partition coefficient (Wildman–Crippen LogP) is 13.1. The summed E-state index contributed by atoms with van der Waals surface area (Å²) in [5, 5.41) is 8.88. The number of rotatable bonds is 4. The quantitative estimate of drug-likeness (QED) is 0.178. The maximum absolute atomic E-state index is 5.23. The highest BCUT2D eigenvalue weighted by molar-refractivity contribution is 7.19. The van der Waals surface area contributed by atoms with Crippen molar-refractivity contribution in [3.05, 3.63) is 157 Å². The van der Waals surface area contributed by atoms with Crippen LogP contribution < -0.4 is 4.90 Å². The summed E-state index contributed by atoms with van der Waals surface area (Å²) in [5.74, 6) is 0. The molecule has 0 unspecified atom stereocenters. The number of anilines is 3. The molecule has 2 nitrogen and oxygen atoms in total. The number of fused-ring (bicyclic) bond motifs is 6. The summed E-state index contributed by atoms with van der Waals surface area (Å²) in [5.41, 5.74) is 13.7. The Balaban J connectivity index is 1.14. The van der Waals surface area contributed by atoms with E-state index in [2.05, 4.69) is 164 Å². The summed E-state index contributed by atoms with van der Waals surface area (Å²) in [7, 11) is 0. The number of benzene rings is 8. The average molecular weight is 643 g/mol. The molecule has 8 aromatic carbocycles. The van der Waals surface area contributed by atoms with Gasteiger partial charge in [0.25, 0.3) is 0 Å². The first-order valence-electron chi connectivity index (χ1n) is 17.0. The lowest BCUT2D eigenvalue weighted by molar-refractivity contribution is 0.660. The Kier molecular flexibility index (Phi) is 5.36. The largest absolute Gasteiger partial charge is 0.310 e. The Bertz CT molecular complexity index is 2790. The Labute approximate surface area is 288 Å². The first-order chi connectivity index (χ1) is 24.1. The van der Waals surface area contributed by atoms with Gasteiger partial charge in [0.2, 0.25) is 0 Å². The normalized spacial score (nSPS) is 13.7. The van der Waals surface area contributed by atoms with Crippen molar-refractivity contribution in [1.29, 1.82) is 0 Å². The lowest BCUT2D eigenvalue weighted by Crippen LogP contribution is -2.16. The third kappa shape index (κ3) is 3.63. The second-order valence-corrected chi connectivity index (χ2v) is 14.9. The molecule has 0 aliphatic heterocycles. The average Bonchev–Trinajstić information content (AvgIpc) is 3.78. The maximum atomic E-state index is 5.23. The number of para-hydroxylation sites is 1. The van der Waals surface area contributed by atoms with Crippen LogP contribution in [0.1, 0.15) is 25.0 Å². The van der Waals surface area contributed by atoms with Gasteiger partial charge >= 0.3 is 0 Å². The van der Waals surface area contributed by atoms with Gasteiger partial charge in [-0.3, -0.25) is 0 Å². The molecule has 0 N–H and O–H groups in total. The van der Waals surface area contributed by atoms with Crippen LogP contribution >= 0.6 is 11.3 Å². The van der Waals surface area contributed by atoms with Crippen molar-refractivity contribution in [3.8, 4) is 43.4 Å². The lowest BCUT2D eigenvalue weighted by Gasteiger charge is -2.29. The van der Waals surface area contributed by atoms with Crippen LogP contribution in [0.3, 0.4) is 0 Å². The van der Waals surface area contributed by atoms with E-state index in [4.69, 9.17) is 4.98 Å². The Morgan fingerprint density at radius 2 is 1.24 bits per heavy atom. The molecule has 49 heavy (non-hydrogen) atoms. The van der Waals surface area contributed by atoms with Crippen molar-refractivity contribution in [3.63, 3.8) is 0 Å². The molecular formula is C46H30N2S. The van der Waals surface area contributed by atoms with Gasteiger partial charge < -0.3 is 4.90 Å². The highest BCUT2D eigenvalue weighted by Gasteiger charge is 2.36. The Hall–Kier alpha value is -5.77. The maximum Gasteiger partial charge on any atom is 0.124 e. The van der Waals surface area contributed by atoms with Gasteiger partial charge in [0.05, 0.1) is 16.3 Å². The van der Waals surface area contributed by atoms with E-state index in [0.29, 0.717) is 0 Å². The van der Waals surface area contributed by atoms with E-state index in [1.165, 1.54) is 87.5 Å². The van der Waals surface area contributed by atoms with Crippen molar-refractivity contribution in [2.24, 2.45) is 0 Å². The zero-order valence-corrected chi connectivity index (χ0v) is 28.0. The van der Waals surface area contributed by atoms with Crippen molar-refractivity contribution in [2.45, 2.75) is 19.3 Å². The van der Waals surface area contributed by atoms with Gasteiger partial charge in [-0.05, 0) is 80.2 Å². The minimum absolute atomic E-state index is 0.0801. The van der Waals surface area contributed by atoms with Crippen molar-refractivity contribution in [2.75, 3.05) is 4.90 Å². The number of nitrogens with zero attached hydrogens (tertiary/aromatic N) is 2. The molecule has 1 aromatic heterocycles. The van der Waals surface area contributed by atoms with Crippen LogP contribution in [0, 0.1) is 0 Å². The van der Waals surface area contributed by atoms with E-state index < -0.39 is 0 Å². The van der Waals surface area contributed by atoms with E-state index >= 15 is 0 Å². The molecule has 2 aliphatic carbocycles. The summed E-state index contributed by atoms with van der Waals surface area (Å²) in [6.07, 6.45) is 0. The van der Waals surface area contributed by atoms with Crippen LogP contribution in [0.15, 0.2) is 146 Å². The van der Waals surface area contributed by atoms with E-state index in [1.54, 1.807) is 0 Å². The van der Waals surface area contributed by atoms with Gasteiger partial charge in [-0.1, -0.05) is 123 Å².